The van der Waals surface area contributed by atoms with Gasteiger partial charge in [-0.2, -0.15) is 0 Å². The maximum atomic E-state index is 12.5. The Morgan fingerprint density at radius 3 is 2.76 bits per heavy atom. The van der Waals surface area contributed by atoms with Crippen LogP contribution in [-0.2, 0) is 11.2 Å². The fraction of sp³-hybridized carbons (Fsp3) is 0.333. The van der Waals surface area contributed by atoms with Crippen molar-refractivity contribution in [1.29, 1.82) is 0 Å². The quantitative estimate of drug-likeness (QED) is 0.555. The minimum absolute atomic E-state index is 0.00892. The van der Waals surface area contributed by atoms with Gasteiger partial charge in [-0.1, -0.05) is 36.4 Å². The predicted octanol–water partition coefficient (Wildman–Crippen LogP) is 2.35. The molecular formula is C24H26N6O3. The Balaban J connectivity index is 1.23. The zero-order valence-electron chi connectivity index (χ0n) is 18.3. The zero-order chi connectivity index (χ0) is 22.8. The smallest absolute Gasteiger partial charge is 0.319 e. The van der Waals surface area contributed by atoms with Crippen LogP contribution in [0.5, 0.6) is 0 Å². The molecule has 2 fully saturated rings. The molecule has 0 aliphatic carbocycles. The number of para-hydroxylation sites is 1. The average Bonchev–Trinajstić information content (AvgIpc) is 3.46. The van der Waals surface area contributed by atoms with E-state index in [0.717, 1.165) is 16.8 Å². The van der Waals surface area contributed by atoms with E-state index in [1.165, 1.54) is 0 Å². The highest BCUT2D eigenvalue weighted by atomic mass is 16.4. The van der Waals surface area contributed by atoms with Crippen molar-refractivity contribution in [2.45, 2.75) is 37.9 Å². The van der Waals surface area contributed by atoms with Crippen LogP contribution in [0.15, 0.2) is 59.0 Å². The third kappa shape index (κ3) is 4.58. The predicted molar refractivity (Wildman–Crippen MR) is 122 cm³/mol. The molecule has 9 nitrogen and oxygen atoms in total. The second kappa shape index (κ2) is 9.03. The molecule has 170 valence electrons. The van der Waals surface area contributed by atoms with E-state index in [1.807, 2.05) is 61.5 Å². The lowest BCUT2D eigenvalue weighted by molar-refractivity contribution is -0.129. The van der Waals surface area contributed by atoms with Crippen LogP contribution in [0.2, 0.25) is 0 Å². The van der Waals surface area contributed by atoms with Gasteiger partial charge in [0.1, 0.15) is 0 Å². The second-order valence-electron chi connectivity index (χ2n) is 8.53. The van der Waals surface area contributed by atoms with Gasteiger partial charge < -0.3 is 20.4 Å². The van der Waals surface area contributed by atoms with Crippen LogP contribution in [0, 0.1) is 6.92 Å². The minimum atomic E-state index is -0.288. The first kappa shape index (κ1) is 21.1. The van der Waals surface area contributed by atoms with Crippen molar-refractivity contribution in [3.05, 3.63) is 66.1 Å². The molecule has 2 saturated heterocycles. The number of anilines is 1. The molecule has 2 aliphatic heterocycles. The molecule has 3 atom stereocenters. The molecule has 0 spiro atoms. The highest BCUT2D eigenvalue weighted by Crippen LogP contribution is 2.26. The third-order valence-corrected chi connectivity index (χ3v) is 6.25. The van der Waals surface area contributed by atoms with Crippen LogP contribution in [-0.4, -0.2) is 58.3 Å². The number of amides is 3. The molecule has 0 bridgehead atoms. The van der Waals surface area contributed by atoms with Crippen LogP contribution in [0.4, 0.5) is 10.5 Å². The van der Waals surface area contributed by atoms with Crippen LogP contribution in [0.3, 0.4) is 0 Å². The van der Waals surface area contributed by atoms with Crippen molar-refractivity contribution in [3.63, 3.8) is 0 Å². The number of aryl methyl sites for hydroxylation is 1. The van der Waals surface area contributed by atoms with Gasteiger partial charge in [-0.25, -0.2) is 4.79 Å². The first-order valence-corrected chi connectivity index (χ1v) is 11.1. The monoisotopic (exact) mass is 446 g/mol. The van der Waals surface area contributed by atoms with Crippen molar-refractivity contribution in [2.75, 3.05) is 18.4 Å². The number of rotatable bonds is 5. The van der Waals surface area contributed by atoms with E-state index >= 15 is 0 Å². The summed E-state index contributed by atoms with van der Waals surface area (Å²) in [5.74, 6) is 1.00. The average molecular weight is 447 g/mol. The van der Waals surface area contributed by atoms with E-state index in [1.54, 1.807) is 0 Å². The molecule has 0 radical (unpaired) electrons. The van der Waals surface area contributed by atoms with Crippen LogP contribution < -0.4 is 16.0 Å². The summed E-state index contributed by atoms with van der Waals surface area (Å²) in [5.41, 5.74) is 2.63. The van der Waals surface area contributed by atoms with Crippen molar-refractivity contribution < 1.29 is 14.0 Å². The summed E-state index contributed by atoms with van der Waals surface area (Å²) in [6, 6.07) is 16.6. The Kier molecular flexibility index (Phi) is 5.78. The lowest BCUT2D eigenvalue weighted by Crippen LogP contribution is -2.58. The van der Waals surface area contributed by atoms with Gasteiger partial charge >= 0.3 is 6.03 Å². The first-order chi connectivity index (χ1) is 16.1. The van der Waals surface area contributed by atoms with E-state index in [9.17, 15) is 9.59 Å². The molecule has 2 aromatic carbocycles. The summed E-state index contributed by atoms with van der Waals surface area (Å²) in [6.45, 7) is 3.03. The molecule has 9 heteroatoms. The largest absolute Gasteiger partial charge is 0.421 e. The van der Waals surface area contributed by atoms with Crippen LogP contribution >= 0.6 is 0 Å². The van der Waals surface area contributed by atoms with Crippen molar-refractivity contribution in [2.24, 2.45) is 0 Å². The molecule has 3 amide bonds. The summed E-state index contributed by atoms with van der Waals surface area (Å²) < 4.78 is 5.88. The summed E-state index contributed by atoms with van der Waals surface area (Å²) in [5, 5.41) is 17.3. The number of hydrogen-bond acceptors (Lipinski definition) is 6. The molecule has 2 aliphatic rings. The Morgan fingerprint density at radius 2 is 1.94 bits per heavy atom. The fourth-order valence-corrected chi connectivity index (χ4v) is 4.56. The molecule has 1 aromatic heterocycles. The second-order valence-corrected chi connectivity index (χ2v) is 8.53. The number of nitrogens with one attached hydrogen (secondary N) is 3. The minimum Gasteiger partial charge on any atom is -0.421 e. The molecule has 3 N–H and O–H groups in total. The Labute approximate surface area is 191 Å². The number of nitrogens with zero attached hydrogens (tertiary/aromatic N) is 3. The van der Waals surface area contributed by atoms with Gasteiger partial charge in [-0.05, 0) is 37.1 Å². The maximum Gasteiger partial charge on any atom is 0.319 e. The van der Waals surface area contributed by atoms with E-state index in [2.05, 4.69) is 31.0 Å². The van der Waals surface area contributed by atoms with E-state index in [-0.39, 0.29) is 30.1 Å². The van der Waals surface area contributed by atoms with Crippen LogP contribution in [0.1, 0.15) is 17.9 Å². The zero-order valence-corrected chi connectivity index (χ0v) is 18.3. The van der Waals surface area contributed by atoms with Crippen molar-refractivity contribution >= 4 is 17.6 Å². The molecular weight excluding hydrogens is 420 g/mol. The molecule has 33 heavy (non-hydrogen) atoms. The molecule has 3 aromatic rings. The summed E-state index contributed by atoms with van der Waals surface area (Å²) in [7, 11) is 0. The van der Waals surface area contributed by atoms with Gasteiger partial charge in [0.25, 0.3) is 0 Å². The van der Waals surface area contributed by atoms with E-state index < -0.39 is 0 Å². The van der Waals surface area contributed by atoms with E-state index in [0.29, 0.717) is 37.7 Å². The van der Waals surface area contributed by atoms with Gasteiger partial charge in [-0.3, -0.25) is 9.69 Å². The first-order valence-electron chi connectivity index (χ1n) is 11.1. The Hall–Kier alpha value is -3.72. The lowest BCUT2D eigenvalue weighted by atomic mass is 10.1. The normalized spacial score (nSPS) is 22.5. The van der Waals surface area contributed by atoms with Gasteiger partial charge in [0.2, 0.25) is 17.7 Å². The standard InChI is InChI=1S/C24H26N6O3/c1-15-7-5-6-10-19(15)27-24(32)26-17-11-20-22(31)25-13-18(30(20)14-17)12-21-28-29-23(33-21)16-8-3-2-4-9-16/h2-10,17-18,20H,11-14H2,1H3,(H,25,31)(H2,26,27,32)/t17-,18+,20-/m0/s1. The molecule has 0 saturated carbocycles. The van der Waals surface area contributed by atoms with Crippen LogP contribution in [0.25, 0.3) is 11.5 Å². The van der Waals surface area contributed by atoms with Gasteiger partial charge in [0.15, 0.2) is 0 Å². The number of benzene rings is 2. The number of aromatic nitrogens is 2. The number of carbonyl (C=O) groups is 2. The van der Waals surface area contributed by atoms with Gasteiger partial charge in [0.05, 0.1) is 6.04 Å². The number of carbonyl (C=O) groups excluding carboxylic acids is 2. The van der Waals surface area contributed by atoms with Crippen molar-refractivity contribution in [1.82, 2.24) is 25.7 Å². The maximum absolute atomic E-state index is 12.5. The highest BCUT2D eigenvalue weighted by Gasteiger charge is 2.44. The summed E-state index contributed by atoms with van der Waals surface area (Å²) in [4.78, 5) is 27.2. The van der Waals surface area contributed by atoms with Gasteiger partial charge in [0, 0.05) is 42.8 Å². The summed E-state index contributed by atoms with van der Waals surface area (Å²) in [6.07, 6.45) is 1.08. The number of hydrogen-bond donors (Lipinski definition) is 3. The van der Waals surface area contributed by atoms with Gasteiger partial charge in [-0.15, -0.1) is 10.2 Å². The van der Waals surface area contributed by atoms with E-state index in [4.69, 9.17) is 4.42 Å². The fourth-order valence-electron chi connectivity index (χ4n) is 4.56. The lowest BCUT2D eigenvalue weighted by Gasteiger charge is -2.36. The number of urea groups is 1. The topological polar surface area (TPSA) is 112 Å². The Bertz CT molecular complexity index is 1150. The Morgan fingerprint density at radius 1 is 1.15 bits per heavy atom. The molecule has 3 heterocycles. The number of fused-ring (bicyclic) bond motifs is 1. The highest BCUT2D eigenvalue weighted by molar-refractivity contribution is 5.90. The SMILES string of the molecule is Cc1ccccc1NC(=O)N[C@H]1C[C@H]2C(=O)NC[C@@H](Cc3nnc(-c4ccccc4)o3)N2C1. The third-order valence-electron chi connectivity index (χ3n) is 6.25. The number of piperazine rings is 1. The molecule has 5 rings (SSSR count). The molecule has 0 unspecified atom stereocenters. The summed E-state index contributed by atoms with van der Waals surface area (Å²) >= 11 is 0. The van der Waals surface area contributed by atoms with Crippen molar-refractivity contribution in [3.8, 4) is 11.5 Å².